The molecule has 0 aliphatic heterocycles. The summed E-state index contributed by atoms with van der Waals surface area (Å²) < 4.78 is 10.9. The molecular weight excluding hydrogens is 290 g/mol. The molecule has 0 radical (unpaired) electrons. The van der Waals surface area contributed by atoms with Gasteiger partial charge in [-0.2, -0.15) is 0 Å². The molecular formula is C16H24ClNO3. The number of hydrogen-bond donors (Lipinski definition) is 1. The van der Waals surface area contributed by atoms with Gasteiger partial charge < -0.3 is 14.8 Å². The van der Waals surface area contributed by atoms with Gasteiger partial charge in [0.15, 0.2) is 0 Å². The second-order valence-corrected chi connectivity index (χ2v) is 5.54. The van der Waals surface area contributed by atoms with Crippen molar-refractivity contribution in [2.24, 2.45) is 0 Å². The first-order valence-electron chi connectivity index (χ1n) is 7.25. The predicted molar refractivity (Wildman–Crippen MR) is 86.2 cm³/mol. The summed E-state index contributed by atoms with van der Waals surface area (Å²) in [5.74, 6) is 0.449. The highest BCUT2D eigenvalue weighted by Crippen LogP contribution is 2.28. The zero-order valence-electron chi connectivity index (χ0n) is 13.2. The fourth-order valence-corrected chi connectivity index (χ4v) is 2.19. The van der Waals surface area contributed by atoms with Crippen LogP contribution in [0.15, 0.2) is 18.2 Å². The third kappa shape index (κ3) is 4.90. The van der Waals surface area contributed by atoms with Gasteiger partial charge in [0, 0.05) is 12.8 Å². The molecule has 0 bridgehead atoms. The van der Waals surface area contributed by atoms with E-state index in [4.69, 9.17) is 21.1 Å². The average molecular weight is 314 g/mol. The van der Waals surface area contributed by atoms with Gasteiger partial charge in [-0.15, -0.1) is 0 Å². The molecule has 4 nitrogen and oxygen atoms in total. The Bertz CT molecular complexity index is 479. The minimum Gasteiger partial charge on any atom is -0.492 e. The van der Waals surface area contributed by atoms with E-state index in [1.165, 1.54) is 0 Å². The molecule has 0 heterocycles. The lowest BCUT2D eigenvalue weighted by Gasteiger charge is -2.26. The van der Waals surface area contributed by atoms with Gasteiger partial charge in [0.25, 0.3) is 5.91 Å². The number of nitrogens with one attached hydrogen (secondary N) is 1. The quantitative estimate of drug-likeness (QED) is 0.779. The topological polar surface area (TPSA) is 47.6 Å². The highest BCUT2D eigenvalue weighted by atomic mass is 35.5. The minimum atomic E-state index is -0.835. The average Bonchev–Trinajstić information content (AvgIpc) is 2.46. The Labute approximate surface area is 131 Å². The van der Waals surface area contributed by atoms with E-state index in [9.17, 15) is 4.79 Å². The van der Waals surface area contributed by atoms with Gasteiger partial charge in [-0.25, -0.2) is 0 Å². The summed E-state index contributed by atoms with van der Waals surface area (Å²) in [4.78, 5) is 12.3. The summed E-state index contributed by atoms with van der Waals surface area (Å²) in [6.45, 7) is 6.44. The predicted octanol–water partition coefficient (Wildman–Crippen LogP) is 4.27. The monoisotopic (exact) mass is 313 g/mol. The second kappa shape index (κ2) is 8.25. The van der Waals surface area contributed by atoms with Crippen LogP contribution < -0.4 is 10.1 Å². The molecule has 0 saturated heterocycles. The summed E-state index contributed by atoms with van der Waals surface area (Å²) in [6.07, 6.45) is 2.43. The first-order chi connectivity index (χ1) is 9.96. The van der Waals surface area contributed by atoms with Crippen LogP contribution >= 0.6 is 11.6 Å². The number of hydrogen-bond acceptors (Lipinski definition) is 3. The Kier molecular flexibility index (Phi) is 6.99. The van der Waals surface area contributed by atoms with Crippen molar-refractivity contribution >= 4 is 23.2 Å². The van der Waals surface area contributed by atoms with Gasteiger partial charge in [-0.05, 0) is 38.0 Å². The first kappa shape index (κ1) is 17.8. The van der Waals surface area contributed by atoms with Crippen molar-refractivity contribution in [2.45, 2.75) is 45.6 Å². The number of rotatable bonds is 8. The molecule has 0 spiro atoms. The molecule has 1 N–H and O–H groups in total. The highest BCUT2D eigenvalue weighted by Gasteiger charge is 2.32. The minimum absolute atomic E-state index is 0.176. The fraction of sp³-hybridized carbons (Fsp3) is 0.562. The molecule has 0 aliphatic rings. The Morgan fingerprint density at radius 1 is 1.33 bits per heavy atom. The number of methoxy groups -OCH3 is 1. The van der Waals surface area contributed by atoms with E-state index < -0.39 is 5.60 Å². The van der Waals surface area contributed by atoms with Crippen molar-refractivity contribution in [1.29, 1.82) is 0 Å². The van der Waals surface area contributed by atoms with Gasteiger partial charge in [-0.1, -0.05) is 31.9 Å². The maximum Gasteiger partial charge on any atom is 0.256 e. The summed E-state index contributed by atoms with van der Waals surface area (Å²) in [5, 5.41) is 3.32. The normalized spacial score (nSPS) is 13.6. The zero-order chi connectivity index (χ0) is 15.9. The van der Waals surface area contributed by atoms with E-state index in [2.05, 4.69) is 5.32 Å². The third-order valence-corrected chi connectivity index (χ3v) is 3.60. The van der Waals surface area contributed by atoms with Crippen LogP contribution in [-0.2, 0) is 9.53 Å². The smallest absolute Gasteiger partial charge is 0.256 e. The van der Waals surface area contributed by atoms with Crippen molar-refractivity contribution < 1.29 is 14.3 Å². The van der Waals surface area contributed by atoms with Crippen molar-refractivity contribution in [2.75, 3.05) is 19.0 Å². The Morgan fingerprint density at radius 2 is 2.05 bits per heavy atom. The number of anilines is 1. The first-order valence-corrected chi connectivity index (χ1v) is 7.63. The molecule has 1 aromatic carbocycles. The van der Waals surface area contributed by atoms with Crippen molar-refractivity contribution in [3.05, 3.63) is 23.2 Å². The van der Waals surface area contributed by atoms with E-state index in [-0.39, 0.29) is 5.91 Å². The van der Waals surface area contributed by atoms with E-state index in [0.29, 0.717) is 29.5 Å². The van der Waals surface area contributed by atoms with Gasteiger partial charge in [0.2, 0.25) is 0 Å². The molecule has 0 aliphatic carbocycles. The SMILES string of the molecule is CCCOc1ccc(NC(=O)[C@](C)(CCC)OC)cc1Cl. The van der Waals surface area contributed by atoms with Gasteiger partial charge in [0.1, 0.15) is 11.4 Å². The van der Waals surface area contributed by atoms with E-state index >= 15 is 0 Å². The molecule has 1 rings (SSSR count). The van der Waals surface area contributed by atoms with Crippen LogP contribution in [0.5, 0.6) is 5.75 Å². The molecule has 118 valence electrons. The highest BCUT2D eigenvalue weighted by molar-refractivity contribution is 6.32. The van der Waals surface area contributed by atoms with Crippen LogP contribution in [0.25, 0.3) is 0 Å². The Hall–Kier alpha value is -1.26. The molecule has 21 heavy (non-hydrogen) atoms. The van der Waals surface area contributed by atoms with E-state index in [0.717, 1.165) is 12.8 Å². The van der Waals surface area contributed by atoms with Gasteiger partial charge >= 0.3 is 0 Å². The molecule has 1 aromatic rings. The van der Waals surface area contributed by atoms with Crippen molar-refractivity contribution in [3.8, 4) is 5.75 Å². The summed E-state index contributed by atoms with van der Waals surface area (Å²) >= 11 is 6.15. The Balaban J connectivity index is 2.79. The Morgan fingerprint density at radius 3 is 2.57 bits per heavy atom. The lowest BCUT2D eigenvalue weighted by molar-refractivity contribution is -0.136. The van der Waals surface area contributed by atoms with Crippen molar-refractivity contribution in [1.82, 2.24) is 0 Å². The number of carbonyl (C=O) groups is 1. The van der Waals surface area contributed by atoms with Crippen LogP contribution in [0, 0.1) is 0 Å². The molecule has 0 unspecified atom stereocenters. The van der Waals surface area contributed by atoms with Gasteiger partial charge in [0.05, 0.1) is 11.6 Å². The van der Waals surface area contributed by atoms with Crippen molar-refractivity contribution in [3.63, 3.8) is 0 Å². The van der Waals surface area contributed by atoms with E-state index in [1.54, 1.807) is 32.2 Å². The number of amides is 1. The summed E-state index contributed by atoms with van der Waals surface area (Å²) in [5.41, 5.74) is -0.202. The fourth-order valence-electron chi connectivity index (χ4n) is 1.96. The number of ether oxygens (including phenoxy) is 2. The number of carbonyl (C=O) groups excluding carboxylic acids is 1. The molecule has 0 fully saturated rings. The maximum absolute atomic E-state index is 12.3. The van der Waals surface area contributed by atoms with Crippen LogP contribution in [0.2, 0.25) is 5.02 Å². The number of benzene rings is 1. The van der Waals surface area contributed by atoms with Crippen LogP contribution in [-0.4, -0.2) is 25.2 Å². The maximum atomic E-state index is 12.3. The van der Waals surface area contributed by atoms with Crippen LogP contribution in [0.1, 0.15) is 40.0 Å². The molecule has 1 atom stereocenters. The third-order valence-electron chi connectivity index (χ3n) is 3.31. The zero-order valence-corrected chi connectivity index (χ0v) is 13.9. The van der Waals surface area contributed by atoms with Gasteiger partial charge in [-0.3, -0.25) is 4.79 Å². The lowest BCUT2D eigenvalue weighted by atomic mass is 9.99. The molecule has 0 aromatic heterocycles. The largest absolute Gasteiger partial charge is 0.492 e. The summed E-state index contributed by atoms with van der Waals surface area (Å²) in [6, 6.07) is 5.22. The van der Waals surface area contributed by atoms with Crippen LogP contribution in [0.3, 0.4) is 0 Å². The number of halogens is 1. The molecule has 1 amide bonds. The second-order valence-electron chi connectivity index (χ2n) is 5.13. The summed E-state index contributed by atoms with van der Waals surface area (Å²) in [7, 11) is 1.55. The molecule has 0 saturated carbocycles. The lowest BCUT2D eigenvalue weighted by Crippen LogP contribution is -2.41. The van der Waals surface area contributed by atoms with Crippen LogP contribution in [0.4, 0.5) is 5.69 Å². The van der Waals surface area contributed by atoms with E-state index in [1.807, 2.05) is 13.8 Å². The molecule has 5 heteroatoms. The standard InChI is InChI=1S/C16H24ClNO3/c1-5-9-16(3,20-4)15(19)18-12-7-8-14(13(17)11-12)21-10-6-2/h7-8,11H,5-6,9-10H2,1-4H3,(H,18,19)/t16-/m0/s1.